The van der Waals surface area contributed by atoms with E-state index in [0.717, 1.165) is 22.3 Å². The van der Waals surface area contributed by atoms with E-state index in [-0.39, 0.29) is 17.5 Å². The zero-order chi connectivity index (χ0) is 20.5. The van der Waals surface area contributed by atoms with Gasteiger partial charge in [0.2, 0.25) is 5.88 Å². The lowest BCUT2D eigenvalue weighted by Crippen LogP contribution is -2.35. The highest BCUT2D eigenvalue weighted by atomic mass is 19.1. The van der Waals surface area contributed by atoms with Crippen LogP contribution >= 0.6 is 0 Å². The van der Waals surface area contributed by atoms with Gasteiger partial charge in [0, 0.05) is 18.7 Å². The molecular weight excluding hydrogens is 372 g/mol. The van der Waals surface area contributed by atoms with Gasteiger partial charge >= 0.3 is 0 Å². The predicted molar refractivity (Wildman–Crippen MR) is 106 cm³/mol. The van der Waals surface area contributed by atoms with Crippen molar-refractivity contribution in [2.24, 2.45) is 5.73 Å². The normalized spacial score (nSPS) is 21.0. The number of nitriles is 1. The minimum Gasteiger partial charge on any atom is -0.440 e. The van der Waals surface area contributed by atoms with Gasteiger partial charge in [-0.1, -0.05) is 24.3 Å². The third-order valence-corrected chi connectivity index (χ3v) is 5.11. The molecule has 0 amide bonds. The smallest absolute Gasteiger partial charge is 0.205 e. The van der Waals surface area contributed by atoms with Crippen LogP contribution in [-0.2, 0) is 4.74 Å². The summed E-state index contributed by atoms with van der Waals surface area (Å²) in [7, 11) is 1.97. The minimum absolute atomic E-state index is 0.0511. The highest BCUT2D eigenvalue weighted by molar-refractivity contribution is 5.63. The molecule has 2 N–H and O–H groups in total. The van der Waals surface area contributed by atoms with Gasteiger partial charge in [-0.05, 0) is 54.1 Å². The maximum atomic E-state index is 13.5. The van der Waals surface area contributed by atoms with E-state index in [0.29, 0.717) is 24.4 Å². The van der Waals surface area contributed by atoms with Gasteiger partial charge in [0.1, 0.15) is 29.0 Å². The number of nitrogens with two attached hydrogens (primary N) is 1. The fourth-order valence-corrected chi connectivity index (χ4v) is 3.84. The van der Waals surface area contributed by atoms with Crippen LogP contribution in [0, 0.1) is 23.0 Å². The SMILES string of the molecule is CN1CC2=C(OC(N)=C(C#N)C2c2ccc(F)cc2)/C(=C/c2ccc(F)cc2)C1. The first-order chi connectivity index (χ1) is 14.0. The Hall–Kier alpha value is -3.43. The minimum atomic E-state index is -0.413. The van der Waals surface area contributed by atoms with Crippen molar-refractivity contribution in [1.82, 2.24) is 4.90 Å². The molecular formula is C23H19F2N3O. The van der Waals surface area contributed by atoms with Crippen molar-refractivity contribution in [2.45, 2.75) is 5.92 Å². The van der Waals surface area contributed by atoms with Gasteiger partial charge in [-0.3, -0.25) is 4.90 Å². The Morgan fingerprint density at radius 2 is 1.69 bits per heavy atom. The van der Waals surface area contributed by atoms with Gasteiger partial charge < -0.3 is 10.5 Å². The molecule has 0 saturated carbocycles. The second-order valence-electron chi connectivity index (χ2n) is 7.22. The van der Waals surface area contributed by atoms with Crippen molar-refractivity contribution in [3.63, 3.8) is 0 Å². The van der Waals surface area contributed by atoms with E-state index in [9.17, 15) is 14.0 Å². The third kappa shape index (κ3) is 3.65. The van der Waals surface area contributed by atoms with Crippen LogP contribution in [0.5, 0.6) is 0 Å². The summed E-state index contributed by atoms with van der Waals surface area (Å²) in [5.41, 5.74) is 9.80. The number of rotatable bonds is 2. The molecule has 0 aliphatic carbocycles. The molecule has 0 radical (unpaired) electrons. The zero-order valence-corrected chi connectivity index (χ0v) is 15.8. The summed E-state index contributed by atoms with van der Waals surface area (Å²) in [6.45, 7) is 1.19. The molecule has 2 aliphatic rings. The average molecular weight is 391 g/mol. The molecule has 2 heterocycles. The Morgan fingerprint density at radius 3 is 2.31 bits per heavy atom. The molecule has 2 aromatic rings. The first kappa shape index (κ1) is 18.9. The number of nitrogens with zero attached hydrogens (tertiary/aromatic N) is 2. The Labute approximate surface area is 167 Å². The first-order valence-electron chi connectivity index (χ1n) is 9.17. The van der Waals surface area contributed by atoms with Crippen LogP contribution in [0.1, 0.15) is 17.0 Å². The summed E-state index contributed by atoms with van der Waals surface area (Å²) in [6, 6.07) is 14.4. The Balaban J connectivity index is 1.85. The van der Waals surface area contributed by atoms with E-state index >= 15 is 0 Å². The lowest BCUT2D eigenvalue weighted by Gasteiger charge is -2.36. The molecule has 0 spiro atoms. The van der Waals surface area contributed by atoms with Crippen molar-refractivity contribution in [2.75, 3.05) is 20.1 Å². The summed E-state index contributed by atoms with van der Waals surface area (Å²) < 4.78 is 32.6. The molecule has 4 rings (SSSR count). The van der Waals surface area contributed by atoms with Crippen molar-refractivity contribution in [1.29, 1.82) is 5.26 Å². The van der Waals surface area contributed by atoms with Gasteiger partial charge in [0.05, 0.1) is 5.92 Å². The Kier molecular flexibility index (Phi) is 4.91. The van der Waals surface area contributed by atoms with Crippen LogP contribution in [-0.4, -0.2) is 25.0 Å². The molecule has 6 heteroatoms. The molecule has 146 valence electrons. The monoisotopic (exact) mass is 391 g/mol. The fraction of sp³-hybridized carbons (Fsp3) is 0.174. The molecule has 0 aromatic heterocycles. The van der Waals surface area contributed by atoms with Crippen LogP contribution < -0.4 is 5.73 Å². The lowest BCUT2D eigenvalue weighted by atomic mass is 9.80. The maximum Gasteiger partial charge on any atom is 0.205 e. The standard InChI is InChI=1S/C23H19F2N3O/c1-28-12-16(10-14-2-6-17(24)7-3-14)22-20(13-28)21(19(11-26)23(27)29-22)15-4-8-18(25)9-5-15/h2-10,21H,12-13,27H2,1H3/b16-10+. The van der Waals surface area contributed by atoms with Crippen molar-refractivity contribution in [3.05, 3.63) is 99.7 Å². The van der Waals surface area contributed by atoms with Crippen LogP contribution in [0.15, 0.2) is 76.9 Å². The molecule has 0 bridgehead atoms. The second kappa shape index (κ2) is 7.53. The Bertz CT molecular complexity index is 1080. The first-order valence-corrected chi connectivity index (χ1v) is 9.17. The number of likely N-dealkylation sites (N-methyl/N-ethyl adjacent to an activating group) is 1. The lowest BCUT2D eigenvalue weighted by molar-refractivity contribution is 0.251. The quantitative estimate of drug-likeness (QED) is 0.839. The van der Waals surface area contributed by atoms with Gasteiger partial charge in [-0.2, -0.15) is 5.26 Å². The largest absolute Gasteiger partial charge is 0.440 e. The molecule has 4 nitrogen and oxygen atoms in total. The van der Waals surface area contributed by atoms with E-state index in [1.54, 1.807) is 24.3 Å². The second-order valence-corrected chi connectivity index (χ2v) is 7.22. The van der Waals surface area contributed by atoms with E-state index in [4.69, 9.17) is 10.5 Å². The molecule has 2 aliphatic heterocycles. The molecule has 29 heavy (non-hydrogen) atoms. The van der Waals surface area contributed by atoms with Crippen LogP contribution in [0.4, 0.5) is 8.78 Å². The van der Waals surface area contributed by atoms with E-state index in [2.05, 4.69) is 11.0 Å². The zero-order valence-electron chi connectivity index (χ0n) is 15.8. The average Bonchev–Trinajstić information content (AvgIpc) is 2.70. The van der Waals surface area contributed by atoms with Gasteiger partial charge in [-0.25, -0.2) is 8.78 Å². The molecule has 1 unspecified atom stereocenters. The summed E-state index contributed by atoms with van der Waals surface area (Å²) in [5.74, 6) is -0.385. The fourth-order valence-electron chi connectivity index (χ4n) is 3.84. The highest BCUT2D eigenvalue weighted by Gasteiger charge is 2.36. The molecule has 0 saturated heterocycles. The van der Waals surface area contributed by atoms with E-state index < -0.39 is 5.92 Å². The molecule has 0 fully saturated rings. The Morgan fingerprint density at radius 1 is 1.07 bits per heavy atom. The van der Waals surface area contributed by atoms with Crippen LogP contribution in [0.3, 0.4) is 0 Å². The number of allylic oxidation sites excluding steroid dienone is 1. The van der Waals surface area contributed by atoms with Gasteiger partial charge in [0.25, 0.3) is 0 Å². The summed E-state index contributed by atoms with van der Waals surface area (Å²) >= 11 is 0. The van der Waals surface area contributed by atoms with Gasteiger partial charge in [-0.15, -0.1) is 0 Å². The topological polar surface area (TPSA) is 62.3 Å². The predicted octanol–water partition coefficient (Wildman–Crippen LogP) is 4.06. The number of benzene rings is 2. The molecule has 1 atom stereocenters. The number of ether oxygens (including phenoxy) is 1. The van der Waals surface area contributed by atoms with Gasteiger partial charge in [0.15, 0.2) is 0 Å². The number of hydrogen-bond acceptors (Lipinski definition) is 4. The summed E-state index contributed by atoms with van der Waals surface area (Å²) in [4.78, 5) is 2.10. The van der Waals surface area contributed by atoms with Crippen molar-refractivity contribution in [3.8, 4) is 6.07 Å². The third-order valence-electron chi connectivity index (χ3n) is 5.11. The molecule has 2 aromatic carbocycles. The highest BCUT2D eigenvalue weighted by Crippen LogP contribution is 2.43. The van der Waals surface area contributed by atoms with Crippen molar-refractivity contribution < 1.29 is 13.5 Å². The van der Waals surface area contributed by atoms with Crippen molar-refractivity contribution >= 4 is 6.08 Å². The summed E-state index contributed by atoms with van der Waals surface area (Å²) in [6.07, 6.45) is 1.93. The van der Waals surface area contributed by atoms with E-state index in [1.807, 2.05) is 13.1 Å². The van der Waals surface area contributed by atoms with Crippen LogP contribution in [0.25, 0.3) is 6.08 Å². The van der Waals surface area contributed by atoms with E-state index in [1.165, 1.54) is 24.3 Å². The van der Waals surface area contributed by atoms with Crippen LogP contribution in [0.2, 0.25) is 0 Å². The number of hydrogen-bond donors (Lipinski definition) is 1. The number of halogens is 2. The maximum absolute atomic E-state index is 13.5. The summed E-state index contributed by atoms with van der Waals surface area (Å²) in [5, 5.41) is 9.70.